The number of rotatable bonds is 6. The molecule has 0 bridgehead atoms. The molecule has 2 fully saturated rings. The summed E-state index contributed by atoms with van der Waals surface area (Å²) in [7, 11) is -0.872. The van der Waals surface area contributed by atoms with Crippen molar-refractivity contribution < 1.29 is 9.26 Å². The summed E-state index contributed by atoms with van der Waals surface area (Å²) in [4.78, 5) is 9.39. The molecule has 0 spiro atoms. The van der Waals surface area contributed by atoms with Gasteiger partial charge in [-0.2, -0.15) is 0 Å². The van der Waals surface area contributed by atoms with Crippen LogP contribution in [0.4, 0.5) is 5.69 Å². The fourth-order valence-corrected chi connectivity index (χ4v) is 7.14. The largest absolute Gasteiger partial charge is 0.466 e. The van der Waals surface area contributed by atoms with Crippen molar-refractivity contribution in [1.82, 2.24) is 9.65 Å². The second kappa shape index (κ2) is 9.22. The summed E-state index contributed by atoms with van der Waals surface area (Å²) in [5.41, 5.74) is 3.11. The molecule has 3 aliphatic rings. The van der Waals surface area contributed by atoms with Crippen LogP contribution in [0.5, 0.6) is 0 Å². The van der Waals surface area contributed by atoms with Crippen molar-refractivity contribution >= 4 is 20.0 Å². The zero-order valence-corrected chi connectivity index (χ0v) is 19.3. The predicted molar refractivity (Wildman–Crippen MR) is 131 cm³/mol. The highest BCUT2D eigenvalue weighted by molar-refractivity contribution is 7.52. The first kappa shape index (κ1) is 20.8. The molecule has 3 aromatic rings. The first-order chi connectivity index (χ1) is 16.4. The van der Waals surface area contributed by atoms with Crippen LogP contribution < -0.4 is 4.67 Å². The fourth-order valence-electron chi connectivity index (χ4n) is 4.85. The highest BCUT2D eigenvalue weighted by Gasteiger charge is 2.45. The maximum atomic E-state index is 6.71. The van der Waals surface area contributed by atoms with Crippen LogP contribution in [-0.4, -0.2) is 47.3 Å². The van der Waals surface area contributed by atoms with Gasteiger partial charge < -0.3 is 13.9 Å². The van der Waals surface area contributed by atoms with Crippen LogP contribution in [0, 0.1) is 0 Å². The Bertz CT molecular complexity index is 1100. The molecule has 6 rings (SSSR count). The number of anilines is 1. The Hall–Kier alpha value is -2.79. The van der Waals surface area contributed by atoms with Crippen molar-refractivity contribution in [2.75, 3.05) is 24.4 Å². The van der Waals surface area contributed by atoms with Gasteiger partial charge in [-0.25, -0.2) is 9.66 Å². The minimum absolute atomic E-state index is 0.119. The van der Waals surface area contributed by atoms with Gasteiger partial charge in [0.05, 0.1) is 6.61 Å². The van der Waals surface area contributed by atoms with Crippen molar-refractivity contribution in [3.05, 3.63) is 96.3 Å². The number of ether oxygens (including phenoxy) is 1. The minimum atomic E-state index is -0.872. The van der Waals surface area contributed by atoms with E-state index in [9.17, 15) is 0 Å². The summed E-state index contributed by atoms with van der Waals surface area (Å²) < 4.78 is 18.1. The lowest BCUT2D eigenvalue weighted by atomic mass is 10.0. The van der Waals surface area contributed by atoms with Crippen LogP contribution in [0.3, 0.4) is 0 Å². The van der Waals surface area contributed by atoms with Crippen LogP contribution in [-0.2, 0) is 9.26 Å². The molecule has 1 aromatic heterocycles. The Morgan fingerprint density at radius 2 is 1.76 bits per heavy atom. The summed E-state index contributed by atoms with van der Waals surface area (Å²) >= 11 is 0. The summed E-state index contributed by atoms with van der Waals surface area (Å²) in [6, 6.07) is 27.2. The molecular formula is C26H27N4O2P. The summed E-state index contributed by atoms with van der Waals surface area (Å²) in [6.45, 7) is 2.64. The van der Waals surface area contributed by atoms with Gasteiger partial charge in [-0.3, -0.25) is 4.98 Å². The van der Waals surface area contributed by atoms with Crippen molar-refractivity contribution in [2.45, 2.75) is 31.0 Å². The van der Waals surface area contributed by atoms with Gasteiger partial charge in [-0.05, 0) is 42.7 Å². The van der Waals surface area contributed by atoms with E-state index >= 15 is 0 Å². The van der Waals surface area contributed by atoms with E-state index in [4.69, 9.17) is 14.3 Å². The van der Waals surface area contributed by atoms with Gasteiger partial charge in [0.2, 0.25) is 14.3 Å². The lowest BCUT2D eigenvalue weighted by Gasteiger charge is -2.30. The van der Waals surface area contributed by atoms with Gasteiger partial charge in [0.1, 0.15) is 11.7 Å². The third-order valence-corrected chi connectivity index (χ3v) is 8.61. The average molecular weight is 459 g/mol. The van der Waals surface area contributed by atoms with Crippen molar-refractivity contribution in [1.29, 1.82) is 0 Å². The topological polar surface area (TPSA) is 50.2 Å². The average Bonchev–Trinajstić information content (AvgIpc) is 3.59. The van der Waals surface area contributed by atoms with Crippen LogP contribution in [0.2, 0.25) is 0 Å². The number of benzene rings is 2. The molecular weight excluding hydrogens is 431 g/mol. The lowest BCUT2D eigenvalue weighted by molar-refractivity contribution is 0.162. The zero-order valence-electron chi connectivity index (χ0n) is 18.4. The Morgan fingerprint density at radius 1 is 0.970 bits per heavy atom. The number of hydrogen-bond donors (Lipinski definition) is 0. The highest BCUT2D eigenvalue weighted by atomic mass is 31.2. The maximum Gasteiger partial charge on any atom is 0.236 e. The Kier molecular flexibility index (Phi) is 5.81. The molecule has 7 heteroatoms. The first-order valence-electron chi connectivity index (χ1n) is 11.6. The first-order valence-corrected chi connectivity index (χ1v) is 12.8. The van der Waals surface area contributed by atoms with E-state index in [1.807, 2.05) is 36.4 Å². The molecule has 1 unspecified atom stereocenters. The Balaban J connectivity index is 1.25. The third-order valence-electron chi connectivity index (χ3n) is 6.45. The molecule has 4 atom stereocenters. The molecule has 6 nitrogen and oxygen atoms in total. The Labute approximate surface area is 195 Å². The minimum Gasteiger partial charge on any atom is -0.466 e. The van der Waals surface area contributed by atoms with Gasteiger partial charge >= 0.3 is 0 Å². The molecule has 0 amide bonds. The van der Waals surface area contributed by atoms with E-state index in [1.54, 1.807) is 6.20 Å². The van der Waals surface area contributed by atoms with Gasteiger partial charge in [0.25, 0.3) is 0 Å². The lowest BCUT2D eigenvalue weighted by Crippen LogP contribution is -2.23. The molecule has 168 valence electrons. The van der Waals surface area contributed by atoms with Crippen LogP contribution >= 0.6 is 8.45 Å². The van der Waals surface area contributed by atoms with E-state index in [-0.39, 0.29) is 12.1 Å². The maximum absolute atomic E-state index is 6.71. The van der Waals surface area contributed by atoms with E-state index in [0.717, 1.165) is 24.3 Å². The standard InChI is InChI=1S/C26H27N4O2P/c1-3-10-20(11-4-1)25-24(28-26(32-25)23-15-7-8-16-27-23)19-31-33-29-17-9-14-22(29)18-30(33)21-12-5-2-6-13-21/h1-8,10-13,15-16,22,24-25H,9,14,17-19H2/t22-,24-,25-,33?/m0/s1. The van der Waals surface area contributed by atoms with E-state index in [2.05, 4.69) is 56.8 Å². The monoisotopic (exact) mass is 458 g/mol. The van der Waals surface area contributed by atoms with E-state index in [1.165, 1.54) is 18.5 Å². The predicted octanol–water partition coefficient (Wildman–Crippen LogP) is 5.20. The van der Waals surface area contributed by atoms with Crippen LogP contribution in [0.1, 0.15) is 30.2 Å². The number of aliphatic imine (C=N–C) groups is 1. The smallest absolute Gasteiger partial charge is 0.236 e. The highest BCUT2D eigenvalue weighted by Crippen LogP contribution is 2.57. The molecule has 0 radical (unpaired) electrons. The quantitative estimate of drug-likeness (QED) is 0.476. The second-order valence-corrected chi connectivity index (χ2v) is 10.4. The molecule has 4 heterocycles. The molecule has 0 saturated carbocycles. The number of fused-ring (bicyclic) bond motifs is 1. The SMILES string of the molecule is c1ccc([C@@H]2OC(c3ccccn3)=N[C@H]2COP2N(c3ccccc3)C[C@@H]3CCCN32)cc1. The molecule has 0 aliphatic carbocycles. The molecule has 2 aromatic carbocycles. The zero-order chi connectivity index (χ0) is 22.0. The normalized spacial score (nSPS) is 26.8. The van der Waals surface area contributed by atoms with Crippen molar-refractivity contribution in [2.24, 2.45) is 4.99 Å². The second-order valence-electron chi connectivity index (χ2n) is 8.59. The van der Waals surface area contributed by atoms with Crippen molar-refractivity contribution in [3.63, 3.8) is 0 Å². The number of aromatic nitrogens is 1. The number of pyridine rings is 1. The summed E-state index contributed by atoms with van der Waals surface area (Å²) in [5.74, 6) is 0.594. The molecule has 2 saturated heterocycles. The van der Waals surface area contributed by atoms with Crippen LogP contribution in [0.15, 0.2) is 90.1 Å². The van der Waals surface area contributed by atoms with Crippen molar-refractivity contribution in [3.8, 4) is 0 Å². The number of para-hydroxylation sites is 1. The van der Waals surface area contributed by atoms with E-state index < -0.39 is 8.45 Å². The van der Waals surface area contributed by atoms with Gasteiger partial charge in [-0.15, -0.1) is 0 Å². The third kappa shape index (κ3) is 4.15. The number of nitrogens with zero attached hydrogens (tertiary/aromatic N) is 4. The van der Waals surface area contributed by atoms with Gasteiger partial charge in [-0.1, -0.05) is 54.6 Å². The van der Waals surface area contributed by atoms with Gasteiger partial charge in [0, 0.05) is 31.0 Å². The van der Waals surface area contributed by atoms with Gasteiger partial charge in [0.15, 0.2) is 6.10 Å². The molecule has 33 heavy (non-hydrogen) atoms. The summed E-state index contributed by atoms with van der Waals surface area (Å²) in [6.07, 6.45) is 4.08. The van der Waals surface area contributed by atoms with E-state index in [0.29, 0.717) is 18.5 Å². The fraction of sp³-hybridized carbons (Fsp3) is 0.308. The number of hydrogen-bond acceptors (Lipinski definition) is 6. The summed E-state index contributed by atoms with van der Waals surface area (Å²) in [5, 5.41) is 0. The Morgan fingerprint density at radius 3 is 2.55 bits per heavy atom. The van der Waals surface area contributed by atoms with Crippen LogP contribution in [0.25, 0.3) is 0 Å². The molecule has 0 N–H and O–H groups in total. The molecule has 3 aliphatic heterocycles.